The number of para-hydroxylation sites is 1. The van der Waals surface area contributed by atoms with Gasteiger partial charge in [0.1, 0.15) is 5.75 Å². The van der Waals surface area contributed by atoms with E-state index in [1.807, 2.05) is 38.1 Å². The van der Waals surface area contributed by atoms with E-state index in [1.165, 1.54) is 0 Å². The minimum atomic E-state index is -0.434. The molecule has 0 spiro atoms. The van der Waals surface area contributed by atoms with E-state index in [0.29, 0.717) is 0 Å². The molecule has 1 aliphatic rings. The maximum atomic E-state index is 11.6. The highest BCUT2D eigenvalue weighted by Gasteiger charge is 2.43. The van der Waals surface area contributed by atoms with Crippen molar-refractivity contribution in [3.8, 4) is 5.75 Å². The Morgan fingerprint density at radius 3 is 2.77 bits per heavy atom. The second-order valence-corrected chi connectivity index (χ2v) is 3.57. The minimum Gasteiger partial charge on any atom is -0.426 e. The van der Waals surface area contributed by atoms with Gasteiger partial charge in [0, 0.05) is 5.56 Å². The molecule has 0 bridgehead atoms. The number of fused-ring (bicyclic) bond motifs is 1. The SMILES string of the molecule is CCC1(C)C(=O)Oc2ccccc21. The molecule has 0 amide bonds. The van der Waals surface area contributed by atoms with Crippen molar-refractivity contribution in [2.24, 2.45) is 0 Å². The molecule has 0 saturated carbocycles. The number of carbonyl (C=O) groups is 1. The van der Waals surface area contributed by atoms with Crippen LogP contribution in [0.4, 0.5) is 0 Å². The summed E-state index contributed by atoms with van der Waals surface area (Å²) < 4.78 is 5.17. The van der Waals surface area contributed by atoms with Crippen molar-refractivity contribution in [3.05, 3.63) is 29.8 Å². The largest absolute Gasteiger partial charge is 0.426 e. The van der Waals surface area contributed by atoms with Crippen LogP contribution in [-0.2, 0) is 10.2 Å². The molecule has 2 rings (SSSR count). The van der Waals surface area contributed by atoms with Crippen molar-refractivity contribution in [2.75, 3.05) is 0 Å². The Bertz CT molecular complexity index is 357. The molecular formula is C11H12O2. The molecule has 13 heavy (non-hydrogen) atoms. The Hall–Kier alpha value is -1.31. The van der Waals surface area contributed by atoms with Crippen molar-refractivity contribution < 1.29 is 9.53 Å². The number of carbonyl (C=O) groups excluding carboxylic acids is 1. The first-order chi connectivity index (χ1) is 6.18. The van der Waals surface area contributed by atoms with Crippen LogP contribution in [0.1, 0.15) is 25.8 Å². The Kier molecular flexibility index (Phi) is 1.65. The zero-order valence-electron chi connectivity index (χ0n) is 7.83. The van der Waals surface area contributed by atoms with Crippen LogP contribution in [0.15, 0.2) is 24.3 Å². The fraction of sp³-hybridized carbons (Fsp3) is 0.364. The smallest absolute Gasteiger partial charge is 0.321 e. The van der Waals surface area contributed by atoms with E-state index in [2.05, 4.69) is 0 Å². The summed E-state index contributed by atoms with van der Waals surface area (Å²) in [5.41, 5.74) is 0.582. The van der Waals surface area contributed by atoms with Crippen molar-refractivity contribution >= 4 is 5.97 Å². The molecule has 1 aromatic carbocycles. The summed E-state index contributed by atoms with van der Waals surface area (Å²) in [5, 5.41) is 0. The van der Waals surface area contributed by atoms with E-state index in [0.717, 1.165) is 17.7 Å². The summed E-state index contributed by atoms with van der Waals surface area (Å²) >= 11 is 0. The second-order valence-electron chi connectivity index (χ2n) is 3.57. The monoisotopic (exact) mass is 176 g/mol. The second kappa shape index (κ2) is 2.59. The number of rotatable bonds is 1. The van der Waals surface area contributed by atoms with Gasteiger partial charge in [0.25, 0.3) is 0 Å². The summed E-state index contributed by atoms with van der Waals surface area (Å²) in [5.74, 6) is 0.591. The van der Waals surface area contributed by atoms with Gasteiger partial charge in [-0.15, -0.1) is 0 Å². The molecule has 1 unspecified atom stereocenters. The van der Waals surface area contributed by atoms with Crippen LogP contribution in [-0.4, -0.2) is 5.97 Å². The lowest BCUT2D eigenvalue weighted by Crippen LogP contribution is -2.29. The van der Waals surface area contributed by atoms with Gasteiger partial charge in [0.2, 0.25) is 0 Å². The molecule has 0 fully saturated rings. The summed E-state index contributed by atoms with van der Waals surface area (Å²) in [7, 11) is 0. The molecule has 0 aromatic heterocycles. The quantitative estimate of drug-likeness (QED) is 0.484. The topological polar surface area (TPSA) is 26.3 Å². The predicted molar refractivity (Wildman–Crippen MR) is 49.7 cm³/mol. The van der Waals surface area contributed by atoms with Crippen molar-refractivity contribution in [2.45, 2.75) is 25.7 Å². The van der Waals surface area contributed by atoms with E-state index in [4.69, 9.17) is 4.74 Å². The highest BCUT2D eigenvalue weighted by Crippen LogP contribution is 2.41. The fourth-order valence-corrected chi connectivity index (χ4v) is 1.67. The maximum absolute atomic E-state index is 11.6. The third-order valence-corrected chi connectivity index (χ3v) is 2.84. The normalized spacial score (nSPS) is 25.5. The molecular weight excluding hydrogens is 164 g/mol. The summed E-state index contributed by atoms with van der Waals surface area (Å²) in [4.78, 5) is 11.6. The predicted octanol–water partition coefficient (Wildman–Crippen LogP) is 2.27. The molecule has 1 aliphatic heterocycles. The first-order valence-corrected chi connectivity index (χ1v) is 4.50. The summed E-state index contributed by atoms with van der Waals surface area (Å²) in [6.07, 6.45) is 0.781. The van der Waals surface area contributed by atoms with Crippen LogP contribution in [0.5, 0.6) is 5.75 Å². The van der Waals surface area contributed by atoms with Gasteiger partial charge in [0.15, 0.2) is 0 Å². The van der Waals surface area contributed by atoms with Crippen LogP contribution in [0.25, 0.3) is 0 Å². The van der Waals surface area contributed by atoms with Crippen molar-refractivity contribution in [3.63, 3.8) is 0 Å². The van der Waals surface area contributed by atoms with Gasteiger partial charge in [0.05, 0.1) is 5.41 Å². The Morgan fingerprint density at radius 1 is 1.38 bits per heavy atom. The van der Waals surface area contributed by atoms with Gasteiger partial charge in [-0.3, -0.25) is 4.79 Å². The van der Waals surface area contributed by atoms with Crippen molar-refractivity contribution in [1.82, 2.24) is 0 Å². The number of benzene rings is 1. The van der Waals surface area contributed by atoms with Gasteiger partial charge in [-0.1, -0.05) is 25.1 Å². The fourth-order valence-electron chi connectivity index (χ4n) is 1.67. The molecule has 1 atom stereocenters. The minimum absolute atomic E-state index is 0.129. The molecule has 1 aromatic rings. The number of ether oxygens (including phenoxy) is 1. The average Bonchev–Trinajstić information content (AvgIpc) is 2.41. The van der Waals surface area contributed by atoms with Crippen LogP contribution in [0, 0.1) is 0 Å². The summed E-state index contributed by atoms with van der Waals surface area (Å²) in [6, 6.07) is 7.63. The van der Waals surface area contributed by atoms with Gasteiger partial charge in [-0.25, -0.2) is 0 Å². The third-order valence-electron chi connectivity index (χ3n) is 2.84. The molecule has 0 saturated heterocycles. The Morgan fingerprint density at radius 2 is 2.08 bits per heavy atom. The van der Waals surface area contributed by atoms with E-state index in [9.17, 15) is 4.79 Å². The average molecular weight is 176 g/mol. The number of hydrogen-bond acceptors (Lipinski definition) is 2. The lowest BCUT2D eigenvalue weighted by atomic mass is 9.82. The highest BCUT2D eigenvalue weighted by atomic mass is 16.5. The summed E-state index contributed by atoms with van der Waals surface area (Å²) in [6.45, 7) is 3.94. The highest BCUT2D eigenvalue weighted by molar-refractivity contribution is 5.90. The standard InChI is InChI=1S/C11H12O2/c1-3-11(2)8-6-4-5-7-9(8)13-10(11)12/h4-7H,3H2,1-2H3. The first kappa shape index (κ1) is 8.30. The van der Waals surface area contributed by atoms with E-state index in [-0.39, 0.29) is 5.97 Å². The lowest BCUT2D eigenvalue weighted by Gasteiger charge is -2.16. The van der Waals surface area contributed by atoms with E-state index >= 15 is 0 Å². The number of esters is 1. The molecule has 68 valence electrons. The van der Waals surface area contributed by atoms with Gasteiger partial charge < -0.3 is 4.74 Å². The zero-order chi connectivity index (χ0) is 9.47. The zero-order valence-corrected chi connectivity index (χ0v) is 7.83. The van der Waals surface area contributed by atoms with Gasteiger partial charge in [-0.2, -0.15) is 0 Å². The third kappa shape index (κ3) is 0.981. The first-order valence-electron chi connectivity index (χ1n) is 4.50. The van der Waals surface area contributed by atoms with Gasteiger partial charge in [-0.05, 0) is 19.4 Å². The number of hydrogen-bond donors (Lipinski definition) is 0. The Balaban J connectivity index is 2.59. The van der Waals surface area contributed by atoms with Crippen LogP contribution in [0.3, 0.4) is 0 Å². The van der Waals surface area contributed by atoms with Gasteiger partial charge >= 0.3 is 5.97 Å². The van der Waals surface area contributed by atoms with E-state index in [1.54, 1.807) is 0 Å². The van der Waals surface area contributed by atoms with Crippen LogP contribution >= 0.6 is 0 Å². The molecule has 0 aliphatic carbocycles. The van der Waals surface area contributed by atoms with Crippen molar-refractivity contribution in [1.29, 1.82) is 0 Å². The van der Waals surface area contributed by atoms with Crippen LogP contribution < -0.4 is 4.74 Å². The lowest BCUT2D eigenvalue weighted by molar-refractivity contribution is -0.137. The molecule has 2 nitrogen and oxygen atoms in total. The molecule has 1 heterocycles. The van der Waals surface area contributed by atoms with E-state index < -0.39 is 5.41 Å². The molecule has 0 N–H and O–H groups in total. The molecule has 2 heteroatoms. The Labute approximate surface area is 77.5 Å². The van der Waals surface area contributed by atoms with Crippen LogP contribution in [0.2, 0.25) is 0 Å². The molecule has 0 radical (unpaired) electrons. The maximum Gasteiger partial charge on any atom is 0.321 e.